The summed E-state index contributed by atoms with van der Waals surface area (Å²) >= 11 is 0. The van der Waals surface area contributed by atoms with Crippen LogP contribution in [0.1, 0.15) is 44.8 Å². The van der Waals surface area contributed by atoms with Gasteiger partial charge in [0.1, 0.15) is 11.9 Å². The number of ether oxygens (including phenoxy) is 2. The number of methoxy groups -OCH3 is 1. The summed E-state index contributed by atoms with van der Waals surface area (Å²) in [5.41, 5.74) is 1.87. The Morgan fingerprint density at radius 1 is 1.29 bits per heavy atom. The summed E-state index contributed by atoms with van der Waals surface area (Å²) < 4.78 is 12.7. The second-order valence-corrected chi connectivity index (χ2v) is 9.07. The van der Waals surface area contributed by atoms with Crippen molar-refractivity contribution in [3.8, 4) is 11.4 Å². The average Bonchev–Trinajstić information content (AvgIpc) is 3.59. The van der Waals surface area contributed by atoms with Gasteiger partial charge >= 0.3 is 6.09 Å². The van der Waals surface area contributed by atoms with Gasteiger partial charge in [-0.1, -0.05) is 30.3 Å². The molecule has 2 N–H and O–H groups in total. The Bertz CT molecular complexity index is 975. The van der Waals surface area contributed by atoms with E-state index < -0.39 is 12.2 Å². The van der Waals surface area contributed by atoms with E-state index in [9.17, 15) is 9.59 Å². The van der Waals surface area contributed by atoms with Crippen molar-refractivity contribution in [2.45, 2.75) is 63.9 Å². The zero-order valence-electron chi connectivity index (χ0n) is 20.2. The number of amides is 2. The number of hydrogen-bond donors (Lipinski definition) is 2. The SMILES string of the molecule is COC(=O)NCCCn1cc([C@@H](C)N(C(=O)[C@H]2CNC[C@@H](C)O2)C2CC2)nc1-c1ccccc1. The van der Waals surface area contributed by atoms with Gasteiger partial charge in [-0.3, -0.25) is 4.79 Å². The molecule has 2 heterocycles. The molecule has 0 radical (unpaired) electrons. The van der Waals surface area contributed by atoms with E-state index in [0.29, 0.717) is 19.6 Å². The van der Waals surface area contributed by atoms with Gasteiger partial charge in [0, 0.05) is 44.0 Å². The predicted molar refractivity (Wildman–Crippen MR) is 128 cm³/mol. The molecule has 0 spiro atoms. The van der Waals surface area contributed by atoms with Crippen molar-refractivity contribution in [1.82, 2.24) is 25.1 Å². The van der Waals surface area contributed by atoms with Crippen LogP contribution in [0, 0.1) is 0 Å². The highest BCUT2D eigenvalue weighted by molar-refractivity contribution is 5.82. The van der Waals surface area contributed by atoms with E-state index in [0.717, 1.165) is 42.9 Å². The summed E-state index contributed by atoms with van der Waals surface area (Å²) in [4.78, 5) is 31.8. The maximum Gasteiger partial charge on any atom is 0.406 e. The molecule has 9 nitrogen and oxygen atoms in total. The molecule has 0 bridgehead atoms. The van der Waals surface area contributed by atoms with Gasteiger partial charge < -0.3 is 29.6 Å². The average molecular weight is 470 g/mol. The monoisotopic (exact) mass is 469 g/mol. The fourth-order valence-electron chi connectivity index (χ4n) is 4.43. The smallest absolute Gasteiger partial charge is 0.406 e. The summed E-state index contributed by atoms with van der Waals surface area (Å²) in [5, 5.41) is 6.02. The molecule has 4 rings (SSSR count). The number of hydrogen-bond acceptors (Lipinski definition) is 6. The first kappa shape index (κ1) is 24.2. The summed E-state index contributed by atoms with van der Waals surface area (Å²) in [6.45, 7) is 6.52. The third-order valence-electron chi connectivity index (χ3n) is 6.33. The zero-order chi connectivity index (χ0) is 24.1. The number of aryl methyl sites for hydroxylation is 1. The van der Waals surface area contributed by atoms with E-state index in [1.54, 1.807) is 0 Å². The molecule has 34 heavy (non-hydrogen) atoms. The van der Waals surface area contributed by atoms with E-state index in [-0.39, 0.29) is 24.1 Å². The summed E-state index contributed by atoms with van der Waals surface area (Å²) in [7, 11) is 1.36. The molecule has 2 aromatic rings. The normalized spacial score (nSPS) is 21.0. The van der Waals surface area contributed by atoms with Crippen LogP contribution < -0.4 is 10.6 Å². The van der Waals surface area contributed by atoms with Crippen molar-refractivity contribution in [1.29, 1.82) is 0 Å². The lowest BCUT2D eigenvalue weighted by Gasteiger charge is -2.35. The molecule has 3 atom stereocenters. The minimum absolute atomic E-state index is 0.0153. The van der Waals surface area contributed by atoms with Crippen LogP contribution in [-0.4, -0.2) is 71.4 Å². The number of aromatic nitrogens is 2. The van der Waals surface area contributed by atoms with E-state index in [1.165, 1.54) is 7.11 Å². The molecule has 1 saturated carbocycles. The molecule has 9 heteroatoms. The third-order valence-corrected chi connectivity index (χ3v) is 6.33. The number of nitrogens with zero attached hydrogens (tertiary/aromatic N) is 3. The summed E-state index contributed by atoms with van der Waals surface area (Å²) in [6, 6.07) is 10.1. The Kier molecular flexibility index (Phi) is 7.84. The first-order valence-corrected chi connectivity index (χ1v) is 12.1. The van der Waals surface area contributed by atoms with Crippen LogP contribution in [0.5, 0.6) is 0 Å². The minimum atomic E-state index is -0.466. The molecular formula is C25H35N5O4. The van der Waals surface area contributed by atoms with Gasteiger partial charge in [-0.15, -0.1) is 0 Å². The fraction of sp³-hybridized carbons (Fsp3) is 0.560. The van der Waals surface area contributed by atoms with E-state index in [1.807, 2.05) is 48.4 Å². The lowest BCUT2D eigenvalue weighted by molar-refractivity contribution is -0.152. The van der Waals surface area contributed by atoms with E-state index >= 15 is 0 Å². The molecular weight excluding hydrogens is 434 g/mol. The number of morpholine rings is 1. The second-order valence-electron chi connectivity index (χ2n) is 9.07. The number of alkyl carbamates (subject to hydrolysis) is 1. The van der Waals surface area contributed by atoms with Crippen LogP contribution in [0.2, 0.25) is 0 Å². The van der Waals surface area contributed by atoms with E-state index in [4.69, 9.17) is 9.72 Å². The quantitative estimate of drug-likeness (QED) is 0.548. The highest BCUT2D eigenvalue weighted by atomic mass is 16.5. The Balaban J connectivity index is 1.55. The Hall–Kier alpha value is -2.91. The highest BCUT2D eigenvalue weighted by Crippen LogP contribution is 2.36. The Labute approximate surface area is 200 Å². The molecule has 1 aliphatic carbocycles. The van der Waals surface area contributed by atoms with Crippen LogP contribution in [0.15, 0.2) is 36.5 Å². The first-order valence-electron chi connectivity index (χ1n) is 12.1. The first-order chi connectivity index (χ1) is 16.5. The molecule has 1 saturated heterocycles. The molecule has 1 aromatic heterocycles. The molecule has 2 amide bonds. The maximum atomic E-state index is 13.5. The van der Waals surface area contributed by atoms with Gasteiger partial charge in [0.2, 0.25) is 0 Å². The van der Waals surface area contributed by atoms with Crippen molar-refractivity contribution >= 4 is 12.0 Å². The number of carbonyl (C=O) groups is 2. The summed E-state index contributed by atoms with van der Waals surface area (Å²) in [5.74, 6) is 0.889. The van der Waals surface area contributed by atoms with Crippen molar-refractivity contribution in [2.24, 2.45) is 0 Å². The Morgan fingerprint density at radius 2 is 2.06 bits per heavy atom. The molecule has 1 aromatic carbocycles. The van der Waals surface area contributed by atoms with Crippen LogP contribution >= 0.6 is 0 Å². The number of imidazole rings is 1. The second kappa shape index (κ2) is 11.0. The van der Waals surface area contributed by atoms with Gasteiger partial charge in [0.25, 0.3) is 5.91 Å². The lowest BCUT2D eigenvalue weighted by atomic mass is 10.1. The lowest BCUT2D eigenvalue weighted by Crippen LogP contribution is -2.53. The van der Waals surface area contributed by atoms with Crippen molar-refractivity contribution < 1.29 is 19.1 Å². The minimum Gasteiger partial charge on any atom is -0.453 e. The zero-order valence-corrected chi connectivity index (χ0v) is 20.2. The Morgan fingerprint density at radius 3 is 2.74 bits per heavy atom. The van der Waals surface area contributed by atoms with Gasteiger partial charge in [-0.05, 0) is 33.1 Å². The van der Waals surface area contributed by atoms with Crippen molar-refractivity contribution in [2.75, 3.05) is 26.7 Å². The van der Waals surface area contributed by atoms with Gasteiger partial charge in [-0.25, -0.2) is 9.78 Å². The van der Waals surface area contributed by atoms with Crippen LogP contribution in [0.25, 0.3) is 11.4 Å². The molecule has 184 valence electrons. The fourth-order valence-corrected chi connectivity index (χ4v) is 4.43. The number of nitrogens with one attached hydrogen (secondary N) is 2. The van der Waals surface area contributed by atoms with Crippen LogP contribution in [0.3, 0.4) is 0 Å². The van der Waals surface area contributed by atoms with Crippen molar-refractivity contribution in [3.63, 3.8) is 0 Å². The van der Waals surface area contributed by atoms with Crippen LogP contribution in [0.4, 0.5) is 4.79 Å². The largest absolute Gasteiger partial charge is 0.453 e. The maximum absolute atomic E-state index is 13.5. The predicted octanol–water partition coefficient (Wildman–Crippen LogP) is 2.73. The number of carbonyl (C=O) groups excluding carboxylic acids is 2. The van der Waals surface area contributed by atoms with Crippen LogP contribution in [-0.2, 0) is 20.8 Å². The summed E-state index contributed by atoms with van der Waals surface area (Å²) in [6.07, 6.45) is 3.90. The van der Waals surface area contributed by atoms with Gasteiger partial charge in [0.15, 0.2) is 0 Å². The topological polar surface area (TPSA) is 97.7 Å². The van der Waals surface area contributed by atoms with E-state index in [2.05, 4.69) is 26.9 Å². The molecule has 2 fully saturated rings. The van der Waals surface area contributed by atoms with Crippen molar-refractivity contribution in [3.05, 3.63) is 42.2 Å². The number of rotatable bonds is 9. The molecule has 0 unspecified atom stereocenters. The standard InChI is InChI=1S/C25H35N5O4/c1-17-14-26-15-22(34-17)24(31)30(20-10-11-20)18(2)21-16-29(13-7-12-27-25(32)33-3)23(28-21)19-8-5-4-6-9-19/h4-6,8-9,16-18,20,22,26H,7,10-15H2,1-3H3,(H,27,32)/t17-,18-,22-/m1/s1. The van der Waals surface area contributed by atoms with Gasteiger partial charge in [-0.2, -0.15) is 0 Å². The highest BCUT2D eigenvalue weighted by Gasteiger charge is 2.41. The number of benzene rings is 1. The third kappa shape index (κ3) is 5.77. The van der Waals surface area contributed by atoms with Gasteiger partial charge in [0.05, 0.1) is 24.9 Å². The molecule has 2 aliphatic rings. The molecule has 1 aliphatic heterocycles.